The maximum Gasteiger partial charge on any atom is 0.495 e. The zero-order valence-corrected chi connectivity index (χ0v) is 15.6. The Morgan fingerprint density at radius 2 is 1.76 bits per heavy atom. The Morgan fingerprint density at radius 1 is 1.16 bits per heavy atom. The SMILES string of the molecule is CNC(=O)c1cc(B2OC(C)(C)C(C)(C)O2)cc(N2CCOCC2)n1. The van der Waals surface area contributed by atoms with Gasteiger partial charge >= 0.3 is 7.12 Å². The highest BCUT2D eigenvalue weighted by Gasteiger charge is 2.52. The van der Waals surface area contributed by atoms with Crippen molar-refractivity contribution >= 4 is 24.3 Å². The second-order valence-corrected chi connectivity index (χ2v) is 7.41. The second kappa shape index (κ2) is 6.59. The fourth-order valence-electron chi connectivity index (χ4n) is 2.85. The van der Waals surface area contributed by atoms with E-state index in [0.29, 0.717) is 18.9 Å². The molecular weight excluding hydrogens is 321 g/mol. The van der Waals surface area contributed by atoms with E-state index in [1.165, 1.54) is 0 Å². The van der Waals surface area contributed by atoms with Gasteiger partial charge < -0.3 is 24.3 Å². The molecule has 1 aromatic heterocycles. The summed E-state index contributed by atoms with van der Waals surface area (Å²) in [5, 5.41) is 2.64. The molecule has 0 radical (unpaired) electrons. The number of amides is 1. The van der Waals surface area contributed by atoms with Crippen molar-refractivity contribution in [2.75, 3.05) is 38.3 Å². The van der Waals surface area contributed by atoms with Gasteiger partial charge in [0.1, 0.15) is 11.5 Å². The molecule has 0 aromatic carbocycles. The van der Waals surface area contributed by atoms with Crippen LogP contribution < -0.4 is 15.7 Å². The first kappa shape index (κ1) is 18.2. The number of pyridine rings is 1. The first-order valence-electron chi connectivity index (χ1n) is 8.66. The number of carbonyl (C=O) groups is 1. The Bertz CT molecular complexity index is 643. The van der Waals surface area contributed by atoms with Crippen molar-refractivity contribution in [2.24, 2.45) is 0 Å². The number of hydrogen-bond acceptors (Lipinski definition) is 6. The standard InChI is InChI=1S/C17H26BN3O4/c1-16(2)17(3,4)25-18(24-16)12-10-13(15(22)19-5)20-14(11-12)21-6-8-23-9-7-21/h10-11H,6-9H2,1-5H3,(H,19,22). The van der Waals surface area contributed by atoms with Crippen molar-refractivity contribution in [2.45, 2.75) is 38.9 Å². The molecule has 2 aliphatic heterocycles. The van der Waals surface area contributed by atoms with Gasteiger partial charge in [-0.3, -0.25) is 4.79 Å². The molecule has 1 aromatic rings. The van der Waals surface area contributed by atoms with Gasteiger partial charge in [-0.15, -0.1) is 0 Å². The van der Waals surface area contributed by atoms with E-state index in [9.17, 15) is 4.79 Å². The highest BCUT2D eigenvalue weighted by Crippen LogP contribution is 2.36. The summed E-state index contributed by atoms with van der Waals surface area (Å²) >= 11 is 0. The van der Waals surface area contributed by atoms with Crippen LogP contribution in [0, 0.1) is 0 Å². The van der Waals surface area contributed by atoms with Gasteiger partial charge in [-0.25, -0.2) is 4.98 Å². The Hall–Kier alpha value is -1.64. The van der Waals surface area contributed by atoms with Crippen LogP contribution in [0.2, 0.25) is 0 Å². The van der Waals surface area contributed by atoms with E-state index in [-0.39, 0.29) is 5.91 Å². The molecule has 0 atom stereocenters. The Balaban J connectivity index is 1.97. The van der Waals surface area contributed by atoms with Crippen LogP contribution in [-0.2, 0) is 14.0 Å². The number of rotatable bonds is 3. The largest absolute Gasteiger partial charge is 0.495 e. The summed E-state index contributed by atoms with van der Waals surface area (Å²) in [5.41, 5.74) is 0.283. The third-order valence-corrected chi connectivity index (χ3v) is 5.15. The van der Waals surface area contributed by atoms with Gasteiger partial charge in [0.25, 0.3) is 5.91 Å². The number of hydrogen-bond donors (Lipinski definition) is 1. The summed E-state index contributed by atoms with van der Waals surface area (Å²) < 4.78 is 17.7. The normalized spacial score (nSPS) is 22.1. The molecule has 0 spiro atoms. The average Bonchev–Trinajstić information content (AvgIpc) is 2.82. The molecule has 3 heterocycles. The Morgan fingerprint density at radius 3 is 2.32 bits per heavy atom. The minimum atomic E-state index is -0.531. The van der Waals surface area contributed by atoms with Crippen LogP contribution in [0.4, 0.5) is 5.82 Å². The number of nitrogens with one attached hydrogen (secondary N) is 1. The summed E-state index contributed by atoms with van der Waals surface area (Å²) in [7, 11) is 1.07. The molecule has 3 rings (SSSR count). The molecule has 7 nitrogen and oxygen atoms in total. The van der Waals surface area contributed by atoms with Crippen LogP contribution in [0.3, 0.4) is 0 Å². The number of aromatic nitrogens is 1. The number of nitrogens with zero attached hydrogens (tertiary/aromatic N) is 2. The van der Waals surface area contributed by atoms with Crippen molar-refractivity contribution in [3.63, 3.8) is 0 Å². The number of carbonyl (C=O) groups excluding carboxylic acids is 1. The molecule has 2 aliphatic rings. The highest BCUT2D eigenvalue weighted by molar-refractivity contribution is 6.62. The number of anilines is 1. The van der Waals surface area contributed by atoms with Gasteiger partial charge in [-0.2, -0.15) is 0 Å². The molecule has 25 heavy (non-hydrogen) atoms. The van der Waals surface area contributed by atoms with Crippen molar-refractivity contribution in [3.8, 4) is 0 Å². The van der Waals surface area contributed by atoms with Crippen LogP contribution in [-0.4, -0.2) is 62.6 Å². The van der Waals surface area contributed by atoms with E-state index in [4.69, 9.17) is 14.0 Å². The molecular formula is C17H26BN3O4. The van der Waals surface area contributed by atoms with Gasteiger partial charge in [0.05, 0.1) is 24.4 Å². The monoisotopic (exact) mass is 347 g/mol. The summed E-state index contributed by atoms with van der Waals surface area (Å²) in [6.07, 6.45) is 0. The fourth-order valence-corrected chi connectivity index (χ4v) is 2.85. The Kier molecular flexibility index (Phi) is 4.79. The van der Waals surface area contributed by atoms with Crippen LogP contribution in [0.25, 0.3) is 0 Å². The summed E-state index contributed by atoms with van der Waals surface area (Å²) in [6.45, 7) is 10.8. The van der Waals surface area contributed by atoms with Crippen molar-refractivity contribution in [3.05, 3.63) is 17.8 Å². The zero-order chi connectivity index (χ0) is 18.2. The van der Waals surface area contributed by atoms with Crippen molar-refractivity contribution in [1.29, 1.82) is 0 Å². The molecule has 8 heteroatoms. The van der Waals surface area contributed by atoms with Crippen LogP contribution >= 0.6 is 0 Å². The minimum absolute atomic E-state index is 0.229. The summed E-state index contributed by atoms with van der Waals surface area (Å²) in [5.74, 6) is 0.516. The van der Waals surface area contributed by atoms with E-state index in [1.54, 1.807) is 13.1 Å². The third-order valence-electron chi connectivity index (χ3n) is 5.15. The van der Waals surface area contributed by atoms with E-state index in [1.807, 2.05) is 33.8 Å². The lowest BCUT2D eigenvalue weighted by molar-refractivity contribution is 0.00578. The van der Waals surface area contributed by atoms with Crippen molar-refractivity contribution in [1.82, 2.24) is 10.3 Å². The van der Waals surface area contributed by atoms with Gasteiger partial charge in [0.15, 0.2) is 0 Å². The van der Waals surface area contributed by atoms with E-state index in [0.717, 1.165) is 24.4 Å². The van der Waals surface area contributed by atoms with Gasteiger partial charge in [0, 0.05) is 20.1 Å². The predicted octanol–water partition coefficient (Wildman–Crippen LogP) is 0.577. The number of ether oxygens (including phenoxy) is 1. The van der Waals surface area contributed by atoms with Crippen molar-refractivity contribution < 1.29 is 18.8 Å². The Labute approximate surface area is 149 Å². The lowest BCUT2D eigenvalue weighted by Gasteiger charge is -2.32. The second-order valence-electron chi connectivity index (χ2n) is 7.41. The van der Waals surface area contributed by atoms with Crippen LogP contribution in [0.15, 0.2) is 12.1 Å². The van der Waals surface area contributed by atoms with Gasteiger partial charge in [-0.1, -0.05) is 0 Å². The van der Waals surface area contributed by atoms with E-state index in [2.05, 4.69) is 15.2 Å². The molecule has 0 saturated carbocycles. The van der Waals surface area contributed by atoms with E-state index < -0.39 is 18.3 Å². The summed E-state index contributed by atoms with van der Waals surface area (Å²) in [6, 6.07) is 3.69. The molecule has 1 N–H and O–H groups in total. The minimum Gasteiger partial charge on any atom is -0.399 e. The van der Waals surface area contributed by atoms with Crippen LogP contribution in [0.1, 0.15) is 38.2 Å². The fraction of sp³-hybridized carbons (Fsp3) is 0.647. The maximum atomic E-state index is 12.2. The number of morpholine rings is 1. The van der Waals surface area contributed by atoms with Crippen LogP contribution in [0.5, 0.6) is 0 Å². The quantitative estimate of drug-likeness (QED) is 0.807. The zero-order valence-electron chi connectivity index (χ0n) is 15.6. The first-order valence-corrected chi connectivity index (χ1v) is 8.66. The van der Waals surface area contributed by atoms with Gasteiger partial charge in [0.2, 0.25) is 0 Å². The lowest BCUT2D eigenvalue weighted by Crippen LogP contribution is -2.41. The molecule has 2 saturated heterocycles. The molecule has 1 amide bonds. The summed E-state index contributed by atoms with van der Waals surface area (Å²) in [4.78, 5) is 18.8. The third kappa shape index (κ3) is 3.52. The maximum absolute atomic E-state index is 12.2. The topological polar surface area (TPSA) is 72.9 Å². The first-order chi connectivity index (χ1) is 11.7. The molecule has 0 aliphatic carbocycles. The molecule has 0 unspecified atom stereocenters. The van der Waals surface area contributed by atoms with E-state index >= 15 is 0 Å². The molecule has 0 bridgehead atoms. The molecule has 136 valence electrons. The highest BCUT2D eigenvalue weighted by atomic mass is 16.7. The lowest BCUT2D eigenvalue weighted by atomic mass is 9.79. The van der Waals surface area contributed by atoms with Gasteiger partial charge in [-0.05, 0) is 45.3 Å². The predicted molar refractivity (Wildman–Crippen MR) is 96.4 cm³/mol. The smallest absolute Gasteiger partial charge is 0.399 e. The molecule has 2 fully saturated rings. The average molecular weight is 347 g/mol.